The van der Waals surface area contributed by atoms with Crippen molar-refractivity contribution < 1.29 is 4.79 Å². The number of rotatable bonds is 8. The van der Waals surface area contributed by atoms with Crippen molar-refractivity contribution in [2.75, 3.05) is 6.67 Å². The minimum absolute atomic E-state index is 0.0852. The van der Waals surface area contributed by atoms with E-state index in [4.69, 9.17) is 22.4 Å². The number of nitrogens with two attached hydrogens (primary N) is 1. The number of nitrogens with one attached hydrogen (secondary N) is 2. The fraction of sp³-hybridized carbons (Fsp3) is 0.467. The maximum Gasteiger partial charge on any atom is 0.272 e. The molecule has 2 aliphatic carbocycles. The molecule has 196 valence electrons. The second kappa shape index (κ2) is 9.90. The normalized spacial score (nSPS) is 23.9. The quantitative estimate of drug-likeness (QED) is 0.342. The summed E-state index contributed by atoms with van der Waals surface area (Å²) in [4.78, 5) is 13.6. The fourth-order valence-corrected chi connectivity index (χ4v) is 6.82. The number of aryl methyl sites for hydroxylation is 1. The summed E-state index contributed by atoms with van der Waals surface area (Å²) in [6.45, 7) is 10.7. The molecule has 0 saturated heterocycles. The standard InChI is InChI=1S/C30H38ClN5O/c1-19-13-22(9-10-24(19)31)26-14-25(27(37)34-28-29(2,3)23-11-12-30(28,4)15-23)35-36(26)17-21-7-5-20(6-8-21)16-33-18-32/h5-10,13-14,23,28,33H,11-12,15-18,32H2,1-4H3,(H,34,37). The molecule has 2 fully saturated rings. The van der Waals surface area contributed by atoms with Gasteiger partial charge in [-0.1, -0.05) is 62.7 Å². The number of halogens is 1. The lowest BCUT2D eigenvalue weighted by atomic mass is 9.68. The first-order valence-electron chi connectivity index (χ1n) is 13.2. The van der Waals surface area contributed by atoms with Crippen LogP contribution in [0.3, 0.4) is 0 Å². The van der Waals surface area contributed by atoms with Crippen LogP contribution in [0.2, 0.25) is 5.02 Å². The summed E-state index contributed by atoms with van der Waals surface area (Å²) in [5.74, 6) is 0.566. The van der Waals surface area contributed by atoms with Gasteiger partial charge in [-0.3, -0.25) is 9.48 Å². The topological polar surface area (TPSA) is 85.0 Å². The van der Waals surface area contributed by atoms with Crippen LogP contribution in [0.15, 0.2) is 48.5 Å². The molecule has 0 aliphatic heterocycles. The lowest BCUT2D eigenvalue weighted by molar-refractivity contribution is 0.0732. The number of carbonyl (C=O) groups excluding carboxylic acids is 1. The second-order valence-corrected chi connectivity index (χ2v) is 12.2. The largest absolute Gasteiger partial charge is 0.347 e. The second-order valence-electron chi connectivity index (χ2n) is 11.8. The molecule has 2 bridgehead atoms. The molecule has 6 nitrogen and oxygen atoms in total. The van der Waals surface area contributed by atoms with Crippen molar-refractivity contribution in [3.63, 3.8) is 0 Å². The zero-order valence-electron chi connectivity index (χ0n) is 22.3. The van der Waals surface area contributed by atoms with Crippen molar-refractivity contribution >= 4 is 17.5 Å². The Labute approximate surface area is 225 Å². The van der Waals surface area contributed by atoms with Crippen LogP contribution in [-0.2, 0) is 13.1 Å². The number of fused-ring (bicyclic) bond motifs is 2. The molecule has 2 aromatic carbocycles. The Morgan fingerprint density at radius 3 is 2.51 bits per heavy atom. The molecular formula is C30H38ClN5O. The number of nitrogens with zero attached hydrogens (tertiary/aromatic N) is 2. The Hall–Kier alpha value is -2.67. The first-order chi connectivity index (χ1) is 17.6. The molecule has 0 spiro atoms. The number of aromatic nitrogens is 2. The van der Waals surface area contributed by atoms with Crippen LogP contribution in [0.25, 0.3) is 11.3 Å². The first kappa shape index (κ1) is 26.0. The number of benzene rings is 2. The smallest absolute Gasteiger partial charge is 0.272 e. The van der Waals surface area contributed by atoms with Crippen molar-refractivity contribution in [1.82, 2.24) is 20.4 Å². The monoisotopic (exact) mass is 519 g/mol. The van der Waals surface area contributed by atoms with Gasteiger partial charge in [-0.25, -0.2) is 0 Å². The summed E-state index contributed by atoms with van der Waals surface area (Å²) in [5, 5.41) is 12.1. The zero-order chi connectivity index (χ0) is 26.4. The lowest BCUT2D eigenvalue weighted by Gasteiger charge is -2.42. The van der Waals surface area contributed by atoms with Crippen LogP contribution in [-0.4, -0.2) is 28.4 Å². The third-order valence-electron chi connectivity index (χ3n) is 8.84. The van der Waals surface area contributed by atoms with Crippen LogP contribution in [0.1, 0.15) is 67.2 Å². The molecule has 1 aromatic heterocycles. The minimum atomic E-state index is -0.0965. The molecule has 3 unspecified atom stereocenters. The third kappa shape index (κ3) is 4.95. The molecule has 1 amide bonds. The van der Waals surface area contributed by atoms with Gasteiger partial charge in [0, 0.05) is 29.8 Å². The zero-order valence-corrected chi connectivity index (χ0v) is 23.0. The number of carbonyl (C=O) groups is 1. The molecule has 2 saturated carbocycles. The number of amides is 1. The molecule has 2 aliphatic rings. The van der Waals surface area contributed by atoms with Gasteiger partial charge in [-0.2, -0.15) is 5.10 Å². The molecule has 4 N–H and O–H groups in total. The average molecular weight is 520 g/mol. The summed E-state index contributed by atoms with van der Waals surface area (Å²) in [5.41, 5.74) is 11.4. The van der Waals surface area contributed by atoms with Crippen LogP contribution in [0.4, 0.5) is 0 Å². The number of hydrogen-bond acceptors (Lipinski definition) is 4. The van der Waals surface area contributed by atoms with Crippen molar-refractivity contribution in [2.24, 2.45) is 22.5 Å². The Morgan fingerprint density at radius 2 is 1.86 bits per heavy atom. The van der Waals surface area contributed by atoms with E-state index in [1.54, 1.807) is 0 Å². The Morgan fingerprint density at radius 1 is 1.14 bits per heavy atom. The van der Waals surface area contributed by atoms with Crippen molar-refractivity contribution in [3.05, 3.63) is 75.9 Å². The van der Waals surface area contributed by atoms with Crippen LogP contribution in [0, 0.1) is 23.7 Å². The van der Waals surface area contributed by atoms with E-state index >= 15 is 0 Å². The molecule has 1 heterocycles. The summed E-state index contributed by atoms with van der Waals surface area (Å²) in [6.07, 6.45) is 3.61. The highest BCUT2D eigenvalue weighted by atomic mass is 35.5. The highest BCUT2D eigenvalue weighted by Crippen LogP contribution is 2.62. The Kier molecular flexibility index (Phi) is 6.94. The molecule has 5 rings (SSSR count). The summed E-state index contributed by atoms with van der Waals surface area (Å²) in [6, 6.07) is 16.4. The van der Waals surface area contributed by atoms with Crippen LogP contribution < -0.4 is 16.4 Å². The Bertz CT molecular complexity index is 1290. The predicted molar refractivity (Wildman–Crippen MR) is 149 cm³/mol. The van der Waals surface area contributed by atoms with Gasteiger partial charge in [0.15, 0.2) is 5.69 Å². The van der Waals surface area contributed by atoms with Crippen LogP contribution >= 0.6 is 11.6 Å². The number of hydrogen-bond donors (Lipinski definition) is 3. The third-order valence-corrected chi connectivity index (χ3v) is 9.26. The van der Waals surface area contributed by atoms with Gasteiger partial charge in [0.05, 0.1) is 12.2 Å². The van der Waals surface area contributed by atoms with Gasteiger partial charge >= 0.3 is 0 Å². The Balaban J connectivity index is 1.44. The van der Waals surface area contributed by atoms with E-state index in [1.807, 2.05) is 29.8 Å². The SMILES string of the molecule is Cc1cc(-c2cc(C(=O)NC3C4(C)CCC(C4)C3(C)C)nn2Cc2ccc(CNCN)cc2)ccc1Cl. The molecule has 7 heteroatoms. The molecule has 0 radical (unpaired) electrons. The van der Waals surface area contributed by atoms with E-state index in [0.29, 0.717) is 24.8 Å². The summed E-state index contributed by atoms with van der Waals surface area (Å²) in [7, 11) is 0. The van der Waals surface area contributed by atoms with Gasteiger partial charge < -0.3 is 16.4 Å². The summed E-state index contributed by atoms with van der Waals surface area (Å²) >= 11 is 6.31. The predicted octanol–water partition coefficient (Wildman–Crippen LogP) is 5.51. The maximum atomic E-state index is 13.6. The van der Waals surface area contributed by atoms with Gasteiger partial charge in [-0.05, 0) is 77.8 Å². The van der Waals surface area contributed by atoms with E-state index in [2.05, 4.69) is 61.7 Å². The van der Waals surface area contributed by atoms with Gasteiger partial charge in [0.1, 0.15) is 0 Å². The van der Waals surface area contributed by atoms with Crippen molar-refractivity contribution in [2.45, 2.75) is 66.1 Å². The molecule has 3 aromatic rings. The highest BCUT2D eigenvalue weighted by molar-refractivity contribution is 6.31. The maximum absolute atomic E-state index is 13.6. The average Bonchev–Trinajstić information content (AvgIpc) is 3.52. The van der Waals surface area contributed by atoms with E-state index in [1.165, 1.54) is 24.8 Å². The molecule has 37 heavy (non-hydrogen) atoms. The summed E-state index contributed by atoms with van der Waals surface area (Å²) < 4.78 is 1.93. The van der Waals surface area contributed by atoms with Crippen molar-refractivity contribution in [1.29, 1.82) is 0 Å². The van der Waals surface area contributed by atoms with Crippen molar-refractivity contribution in [3.8, 4) is 11.3 Å². The van der Waals surface area contributed by atoms with Gasteiger partial charge in [0.2, 0.25) is 0 Å². The van der Waals surface area contributed by atoms with Gasteiger partial charge in [0.25, 0.3) is 5.91 Å². The van der Waals surface area contributed by atoms with Crippen LogP contribution in [0.5, 0.6) is 0 Å². The minimum Gasteiger partial charge on any atom is -0.347 e. The molecule has 3 atom stereocenters. The van der Waals surface area contributed by atoms with E-state index in [9.17, 15) is 4.79 Å². The van der Waals surface area contributed by atoms with E-state index in [-0.39, 0.29) is 22.8 Å². The highest BCUT2D eigenvalue weighted by Gasteiger charge is 2.59. The van der Waals surface area contributed by atoms with Gasteiger partial charge in [-0.15, -0.1) is 0 Å². The molecular weight excluding hydrogens is 482 g/mol. The lowest BCUT2D eigenvalue weighted by Crippen LogP contribution is -2.52. The van der Waals surface area contributed by atoms with E-state index in [0.717, 1.165) is 34.0 Å². The first-order valence-corrected chi connectivity index (χ1v) is 13.6. The fourth-order valence-electron chi connectivity index (χ4n) is 6.70. The van der Waals surface area contributed by atoms with E-state index < -0.39 is 0 Å².